The molecule has 0 fully saturated rings. The molecule has 0 aromatic heterocycles. The molecule has 7 aromatic rings. The summed E-state index contributed by atoms with van der Waals surface area (Å²) in [6.45, 7) is 3.41. The van der Waals surface area contributed by atoms with E-state index in [0.29, 0.717) is 21.9 Å². The lowest BCUT2D eigenvalue weighted by Crippen LogP contribution is -2.04. The summed E-state index contributed by atoms with van der Waals surface area (Å²) < 4.78 is 0. The highest BCUT2D eigenvalue weighted by molar-refractivity contribution is 6.46. The molecule has 8 heteroatoms. The first kappa shape index (κ1) is 22.0. The van der Waals surface area contributed by atoms with Gasteiger partial charge in [0.05, 0.1) is 21.5 Å². The van der Waals surface area contributed by atoms with E-state index in [1.165, 1.54) is 12.1 Å². The number of fused-ring (bicyclic) bond motifs is 6. The van der Waals surface area contributed by atoms with Crippen molar-refractivity contribution in [1.29, 1.82) is 0 Å². The van der Waals surface area contributed by atoms with Crippen LogP contribution in [0.15, 0.2) is 46.0 Å². The first-order valence-corrected chi connectivity index (χ1v) is 11.7. The molecule has 0 heterocycles. The van der Waals surface area contributed by atoms with E-state index in [1.54, 1.807) is 26.0 Å². The van der Waals surface area contributed by atoms with Gasteiger partial charge in [-0.3, -0.25) is 9.59 Å². The van der Waals surface area contributed by atoms with Crippen LogP contribution in [0.2, 0.25) is 0 Å². The van der Waals surface area contributed by atoms with E-state index >= 15 is 0 Å². The van der Waals surface area contributed by atoms with Gasteiger partial charge < -0.3 is 30.6 Å². The second-order valence-electron chi connectivity index (χ2n) is 9.90. The number of aryl methyl sites for hydroxylation is 2. The number of phenols is 6. The van der Waals surface area contributed by atoms with Gasteiger partial charge in [0.15, 0.2) is 10.9 Å². The fraction of sp³-hybridized carbons (Fsp3) is 0.0667. The maximum Gasteiger partial charge on any atom is 0.190 e. The van der Waals surface area contributed by atoms with Crippen molar-refractivity contribution < 1.29 is 30.6 Å². The number of hydrogen-bond acceptors (Lipinski definition) is 8. The Labute approximate surface area is 211 Å². The average Bonchev–Trinajstić information content (AvgIpc) is 2.80. The van der Waals surface area contributed by atoms with Crippen LogP contribution in [0.1, 0.15) is 11.1 Å². The van der Waals surface area contributed by atoms with Gasteiger partial charge >= 0.3 is 0 Å². The van der Waals surface area contributed by atoms with E-state index in [2.05, 4.69) is 0 Å². The van der Waals surface area contributed by atoms with Gasteiger partial charge in [0, 0.05) is 33.7 Å². The lowest BCUT2D eigenvalue weighted by atomic mass is 9.82. The molecule has 7 rings (SSSR count). The van der Waals surface area contributed by atoms with Crippen LogP contribution in [0.5, 0.6) is 34.5 Å². The van der Waals surface area contributed by atoms with Crippen molar-refractivity contribution in [3.8, 4) is 34.5 Å². The Morgan fingerprint density at radius 3 is 1.11 bits per heavy atom. The lowest BCUT2D eigenvalue weighted by Gasteiger charge is -2.22. The van der Waals surface area contributed by atoms with Crippen LogP contribution in [0, 0.1) is 13.8 Å². The Morgan fingerprint density at radius 1 is 0.395 bits per heavy atom. The normalized spacial score (nSPS) is 12.3. The topological polar surface area (TPSA) is 156 Å². The monoisotopic (exact) mass is 506 g/mol. The lowest BCUT2D eigenvalue weighted by molar-refractivity contribution is 0.450. The Balaban J connectivity index is 2.10. The number of hydrogen-bond donors (Lipinski definition) is 6. The molecule has 0 aliphatic carbocycles. The molecule has 7 aromatic carbocycles. The van der Waals surface area contributed by atoms with Gasteiger partial charge in [0.2, 0.25) is 0 Å². The second kappa shape index (κ2) is 6.74. The summed E-state index contributed by atoms with van der Waals surface area (Å²) in [6, 6.07) is 8.02. The molecule has 38 heavy (non-hydrogen) atoms. The maximum atomic E-state index is 13.2. The Morgan fingerprint density at radius 2 is 0.737 bits per heavy atom. The highest BCUT2D eigenvalue weighted by Crippen LogP contribution is 2.57. The molecule has 0 unspecified atom stereocenters. The van der Waals surface area contributed by atoms with E-state index < -0.39 is 45.4 Å². The molecule has 0 radical (unpaired) electrons. The molecule has 0 saturated heterocycles. The van der Waals surface area contributed by atoms with Gasteiger partial charge in [-0.05, 0) is 58.7 Å². The van der Waals surface area contributed by atoms with Crippen molar-refractivity contribution >= 4 is 64.6 Å². The van der Waals surface area contributed by atoms with Gasteiger partial charge in [-0.15, -0.1) is 0 Å². The summed E-state index contributed by atoms with van der Waals surface area (Å²) in [5.74, 6) is -2.86. The number of rotatable bonds is 0. The molecule has 6 N–H and O–H groups in total. The highest BCUT2D eigenvalue weighted by Gasteiger charge is 2.29. The largest absolute Gasteiger partial charge is 0.507 e. The average molecular weight is 506 g/mol. The summed E-state index contributed by atoms with van der Waals surface area (Å²) >= 11 is 0. The zero-order valence-electron chi connectivity index (χ0n) is 20.0. The molecule has 0 saturated carbocycles. The van der Waals surface area contributed by atoms with Gasteiger partial charge in [-0.1, -0.05) is 12.1 Å². The van der Waals surface area contributed by atoms with E-state index in [9.17, 15) is 40.2 Å². The molecule has 0 atom stereocenters. The van der Waals surface area contributed by atoms with Crippen LogP contribution >= 0.6 is 0 Å². The Hall–Kier alpha value is -5.24. The third-order valence-electron chi connectivity index (χ3n) is 7.55. The van der Waals surface area contributed by atoms with Crippen molar-refractivity contribution in [1.82, 2.24) is 0 Å². The fourth-order valence-corrected chi connectivity index (χ4v) is 6.22. The zero-order chi connectivity index (χ0) is 26.9. The molecule has 186 valence electrons. The highest BCUT2D eigenvalue weighted by atomic mass is 16.3. The number of phenolic OH excluding ortho intramolecular Hbond substituents is 6. The third kappa shape index (κ3) is 2.39. The summed E-state index contributed by atoms with van der Waals surface area (Å²) in [5.41, 5.74) is 0.143. The molecule has 0 spiro atoms. The van der Waals surface area contributed by atoms with E-state index in [1.807, 2.05) is 0 Å². The van der Waals surface area contributed by atoms with Gasteiger partial charge in [0.25, 0.3) is 0 Å². The smallest absolute Gasteiger partial charge is 0.190 e. The molecular formula is C30H18O8. The summed E-state index contributed by atoms with van der Waals surface area (Å²) in [5, 5.41) is 67.6. The SMILES string of the molecule is Cc1cc(=O)c2c(O)c3c(O)cc(O)c4c5c(O)cc(O)c6c(O)c7c(=O)cc(C)cc7c(c65)c(c2c1)c34. The van der Waals surface area contributed by atoms with Crippen LogP contribution < -0.4 is 10.9 Å². The maximum absolute atomic E-state index is 13.2. The molecule has 0 bridgehead atoms. The molecule has 0 amide bonds. The summed E-state index contributed by atoms with van der Waals surface area (Å²) in [7, 11) is 0. The van der Waals surface area contributed by atoms with Crippen molar-refractivity contribution in [2.45, 2.75) is 13.8 Å². The van der Waals surface area contributed by atoms with E-state index in [4.69, 9.17) is 0 Å². The molecule has 8 nitrogen and oxygen atoms in total. The van der Waals surface area contributed by atoms with Crippen molar-refractivity contribution in [2.24, 2.45) is 0 Å². The minimum Gasteiger partial charge on any atom is -0.507 e. The minimum atomic E-state index is -0.505. The molecule has 0 aliphatic rings. The van der Waals surface area contributed by atoms with E-state index in [0.717, 1.165) is 12.1 Å². The van der Waals surface area contributed by atoms with Crippen LogP contribution in [0.3, 0.4) is 0 Å². The van der Waals surface area contributed by atoms with Gasteiger partial charge in [-0.25, -0.2) is 0 Å². The number of benzene rings is 7. The van der Waals surface area contributed by atoms with Crippen molar-refractivity contribution in [2.75, 3.05) is 0 Å². The minimum absolute atomic E-state index is 0.0303. The van der Waals surface area contributed by atoms with Crippen molar-refractivity contribution in [3.63, 3.8) is 0 Å². The number of aromatic hydroxyl groups is 6. The van der Waals surface area contributed by atoms with Gasteiger partial charge in [-0.2, -0.15) is 0 Å². The summed E-state index contributed by atoms with van der Waals surface area (Å²) in [4.78, 5) is 26.3. The van der Waals surface area contributed by atoms with E-state index in [-0.39, 0.29) is 53.9 Å². The van der Waals surface area contributed by atoms with Crippen LogP contribution in [0.4, 0.5) is 0 Å². The van der Waals surface area contributed by atoms with Crippen LogP contribution in [-0.4, -0.2) is 30.6 Å². The second-order valence-corrected chi connectivity index (χ2v) is 9.90. The van der Waals surface area contributed by atoms with Crippen LogP contribution in [-0.2, 0) is 0 Å². The first-order valence-electron chi connectivity index (χ1n) is 11.7. The standard InChI is InChI=1S/C30H18O8/c1-9-3-11-19(13(31)5-9)29(37)25-17(35)7-15(33)23-24-16(34)8-18(36)26-28(24)22(21(11)27(23)25)12-4-10(2)6-14(32)20(12)30(26)38/h3-8,33-38H,1-2H3. The Bertz CT molecular complexity index is 2190. The fourth-order valence-electron chi connectivity index (χ4n) is 6.22. The summed E-state index contributed by atoms with van der Waals surface area (Å²) in [6.07, 6.45) is 0. The Kier molecular flexibility index (Phi) is 3.90. The van der Waals surface area contributed by atoms with Crippen molar-refractivity contribution in [3.05, 3.63) is 68.0 Å². The predicted molar refractivity (Wildman–Crippen MR) is 146 cm³/mol. The first-order chi connectivity index (χ1) is 18.0. The van der Waals surface area contributed by atoms with Gasteiger partial charge in [0.1, 0.15) is 34.5 Å². The molecule has 0 aliphatic heterocycles. The molecular weight excluding hydrogens is 488 g/mol. The predicted octanol–water partition coefficient (Wildman–Crippen LogP) is 5.05. The quantitative estimate of drug-likeness (QED) is 0.123. The zero-order valence-corrected chi connectivity index (χ0v) is 20.0. The third-order valence-corrected chi connectivity index (χ3v) is 7.55. The van der Waals surface area contributed by atoms with Crippen LogP contribution in [0.25, 0.3) is 64.6 Å².